The number of aromatic amines is 1. The summed E-state index contributed by atoms with van der Waals surface area (Å²) in [7, 11) is 0. The molecular weight excluding hydrogens is 489 g/mol. The van der Waals surface area contributed by atoms with E-state index in [0.717, 1.165) is 23.1 Å². The molecule has 0 aliphatic carbocycles. The number of alkyl halides is 3. The van der Waals surface area contributed by atoms with Gasteiger partial charge in [0.2, 0.25) is 0 Å². The minimum atomic E-state index is -4.58. The van der Waals surface area contributed by atoms with Crippen molar-refractivity contribution in [3.05, 3.63) is 59.7 Å². The molecule has 1 N–H and O–H groups in total. The number of halogens is 3. The van der Waals surface area contributed by atoms with Gasteiger partial charge in [0.25, 0.3) is 0 Å². The summed E-state index contributed by atoms with van der Waals surface area (Å²) in [6.07, 6.45) is -0.819. The van der Waals surface area contributed by atoms with Crippen LogP contribution in [0.1, 0.15) is 49.8 Å². The highest BCUT2D eigenvalue weighted by atomic mass is 19.4. The first-order chi connectivity index (χ1) is 17.9. The van der Waals surface area contributed by atoms with Gasteiger partial charge < -0.3 is 18.6 Å². The first-order valence-electron chi connectivity index (χ1n) is 12.0. The molecular formula is C25H25F3N6O3. The molecule has 2 aromatic carbocycles. The lowest BCUT2D eigenvalue weighted by atomic mass is 10.0. The molecule has 37 heavy (non-hydrogen) atoms. The number of aryl methyl sites for hydroxylation is 1. The van der Waals surface area contributed by atoms with Crippen LogP contribution in [0, 0.1) is 0 Å². The Morgan fingerprint density at radius 2 is 1.86 bits per heavy atom. The smallest absolute Gasteiger partial charge is 0.437 e. The van der Waals surface area contributed by atoms with E-state index in [2.05, 4.69) is 30.3 Å². The molecule has 0 saturated heterocycles. The van der Waals surface area contributed by atoms with Crippen LogP contribution >= 0.6 is 0 Å². The van der Waals surface area contributed by atoms with E-state index in [1.165, 1.54) is 6.07 Å². The van der Waals surface area contributed by atoms with Crippen molar-refractivity contribution in [2.24, 2.45) is 0 Å². The average Bonchev–Trinajstić information content (AvgIpc) is 3.64. The van der Waals surface area contributed by atoms with E-state index in [1.54, 1.807) is 6.07 Å². The molecule has 0 radical (unpaired) electrons. The summed E-state index contributed by atoms with van der Waals surface area (Å²) in [6.45, 7) is 4.65. The van der Waals surface area contributed by atoms with Crippen molar-refractivity contribution in [3.8, 4) is 11.5 Å². The topological polar surface area (TPSA) is 104 Å². The number of tetrazole rings is 1. The molecule has 0 amide bonds. The molecule has 0 spiro atoms. The van der Waals surface area contributed by atoms with Gasteiger partial charge in [-0.1, -0.05) is 29.8 Å². The number of hydrogen-bond donors (Lipinski definition) is 1. The Labute approximate surface area is 209 Å². The second-order valence-corrected chi connectivity index (χ2v) is 8.61. The van der Waals surface area contributed by atoms with Crippen molar-refractivity contribution in [2.45, 2.75) is 45.3 Å². The normalized spacial score (nSPS) is 12.9. The lowest BCUT2D eigenvalue weighted by Gasteiger charge is -2.13. The number of nitrogens with zero attached hydrogens (tertiary/aromatic N) is 5. The maximum absolute atomic E-state index is 13.2. The number of hydrogen-bond acceptors (Lipinski definition) is 7. The Hall–Kier alpha value is -4.09. The Morgan fingerprint density at radius 1 is 1.05 bits per heavy atom. The standard InChI is InChI=1S/C25H25F3N6O3/c1-3-6-17-21(10-9-18-22(17)37-31-23(18)25(26,27)28)36-14-5-13-35-20-8-4-7-19-16(20)11-12-34(19)15(2)24-29-32-33-30-24/h4,7-12,15H,3,5-6,13-14H2,1-2H3,(H,29,30,32,33). The molecule has 9 nitrogen and oxygen atoms in total. The SMILES string of the molecule is CCCc1c(OCCCOc2cccc3c2ccn3C(C)c2nn[nH]n2)ccc2c(C(F)(F)F)noc12. The quantitative estimate of drug-likeness (QED) is 0.238. The number of rotatable bonds is 10. The highest BCUT2D eigenvalue weighted by Gasteiger charge is 2.37. The number of H-pyrrole nitrogens is 1. The number of ether oxygens (including phenoxy) is 2. The summed E-state index contributed by atoms with van der Waals surface area (Å²) in [5.41, 5.74) is 0.670. The zero-order valence-electron chi connectivity index (χ0n) is 20.2. The lowest BCUT2D eigenvalue weighted by molar-refractivity contribution is -0.141. The molecule has 0 aliphatic rings. The van der Waals surface area contributed by atoms with Gasteiger partial charge in [0.05, 0.1) is 30.2 Å². The first-order valence-corrected chi connectivity index (χ1v) is 12.0. The predicted octanol–water partition coefficient (Wildman–Crippen LogP) is 5.72. The van der Waals surface area contributed by atoms with E-state index in [9.17, 15) is 13.2 Å². The molecule has 3 aromatic heterocycles. The lowest BCUT2D eigenvalue weighted by Crippen LogP contribution is -2.08. The third kappa shape index (κ3) is 4.83. The minimum absolute atomic E-state index is 0.0553. The van der Waals surface area contributed by atoms with Gasteiger partial charge in [0, 0.05) is 23.6 Å². The van der Waals surface area contributed by atoms with Crippen LogP contribution in [0.5, 0.6) is 11.5 Å². The van der Waals surface area contributed by atoms with Crippen molar-refractivity contribution in [1.29, 1.82) is 0 Å². The monoisotopic (exact) mass is 514 g/mol. The van der Waals surface area contributed by atoms with Gasteiger partial charge in [0.1, 0.15) is 11.5 Å². The van der Waals surface area contributed by atoms with Crippen LogP contribution in [0.25, 0.3) is 21.9 Å². The van der Waals surface area contributed by atoms with E-state index >= 15 is 0 Å². The van der Waals surface area contributed by atoms with Gasteiger partial charge in [0.15, 0.2) is 17.1 Å². The number of fused-ring (bicyclic) bond motifs is 2. The van der Waals surface area contributed by atoms with E-state index in [4.69, 9.17) is 14.0 Å². The second kappa shape index (κ2) is 10.1. The van der Waals surface area contributed by atoms with E-state index in [0.29, 0.717) is 43.2 Å². The third-order valence-corrected chi connectivity index (χ3v) is 6.15. The van der Waals surface area contributed by atoms with Crippen molar-refractivity contribution in [3.63, 3.8) is 0 Å². The van der Waals surface area contributed by atoms with Gasteiger partial charge in [-0.2, -0.15) is 18.4 Å². The summed E-state index contributed by atoms with van der Waals surface area (Å²) in [5, 5.41) is 18.4. The zero-order chi connectivity index (χ0) is 26.0. The first kappa shape index (κ1) is 24.6. The Balaban J connectivity index is 1.24. The third-order valence-electron chi connectivity index (χ3n) is 6.15. The molecule has 12 heteroatoms. The molecule has 0 saturated carbocycles. The number of nitrogens with one attached hydrogen (secondary N) is 1. The summed E-state index contributed by atoms with van der Waals surface area (Å²) in [4.78, 5) is 0. The van der Waals surface area contributed by atoms with Crippen LogP contribution in [0.4, 0.5) is 13.2 Å². The molecule has 1 unspecified atom stereocenters. The van der Waals surface area contributed by atoms with Crippen molar-refractivity contribution < 1.29 is 27.2 Å². The van der Waals surface area contributed by atoms with E-state index < -0.39 is 11.9 Å². The van der Waals surface area contributed by atoms with Crippen LogP contribution in [-0.4, -0.2) is 43.6 Å². The second-order valence-electron chi connectivity index (χ2n) is 8.61. The Morgan fingerprint density at radius 3 is 2.59 bits per heavy atom. The van der Waals surface area contributed by atoms with Crippen molar-refractivity contribution >= 4 is 21.9 Å². The summed E-state index contributed by atoms with van der Waals surface area (Å²) in [6, 6.07) is 10.6. The highest BCUT2D eigenvalue weighted by molar-refractivity contribution is 5.87. The van der Waals surface area contributed by atoms with Crippen LogP contribution in [0.3, 0.4) is 0 Å². The zero-order valence-corrected chi connectivity index (χ0v) is 20.2. The summed E-state index contributed by atoms with van der Waals surface area (Å²) < 4.78 is 58.7. The van der Waals surface area contributed by atoms with Gasteiger partial charge in [-0.15, -0.1) is 10.2 Å². The fraction of sp³-hybridized carbons (Fsp3) is 0.360. The fourth-order valence-corrected chi connectivity index (χ4v) is 4.39. The van der Waals surface area contributed by atoms with Crippen molar-refractivity contribution in [2.75, 3.05) is 13.2 Å². The van der Waals surface area contributed by atoms with Gasteiger partial charge in [-0.05, 0) is 43.7 Å². The van der Waals surface area contributed by atoms with Crippen molar-refractivity contribution in [1.82, 2.24) is 30.3 Å². The summed E-state index contributed by atoms with van der Waals surface area (Å²) >= 11 is 0. The number of aromatic nitrogens is 6. The molecule has 0 bridgehead atoms. The molecule has 5 aromatic rings. The maximum atomic E-state index is 13.2. The average molecular weight is 515 g/mol. The van der Waals surface area contributed by atoms with Crippen LogP contribution in [0.15, 0.2) is 47.1 Å². The molecule has 194 valence electrons. The Bertz CT molecular complexity index is 1490. The largest absolute Gasteiger partial charge is 0.493 e. The van der Waals surface area contributed by atoms with Gasteiger partial charge >= 0.3 is 6.18 Å². The van der Waals surface area contributed by atoms with E-state index in [-0.39, 0.29) is 17.0 Å². The molecule has 5 rings (SSSR count). The van der Waals surface area contributed by atoms with Gasteiger partial charge in [-0.3, -0.25) is 0 Å². The summed E-state index contributed by atoms with van der Waals surface area (Å²) in [5.74, 6) is 1.82. The molecule has 0 aliphatic heterocycles. The number of benzene rings is 2. The maximum Gasteiger partial charge on any atom is 0.437 e. The minimum Gasteiger partial charge on any atom is -0.493 e. The van der Waals surface area contributed by atoms with Crippen LogP contribution in [0.2, 0.25) is 0 Å². The fourth-order valence-electron chi connectivity index (χ4n) is 4.39. The van der Waals surface area contributed by atoms with E-state index in [1.807, 2.05) is 44.3 Å². The van der Waals surface area contributed by atoms with Crippen LogP contribution in [-0.2, 0) is 12.6 Å². The molecule has 0 fully saturated rings. The van der Waals surface area contributed by atoms with Gasteiger partial charge in [-0.25, -0.2) is 0 Å². The highest BCUT2D eigenvalue weighted by Crippen LogP contribution is 2.38. The predicted molar refractivity (Wildman–Crippen MR) is 129 cm³/mol. The molecule has 3 heterocycles. The Kier molecular flexibility index (Phi) is 6.72. The molecule has 1 atom stereocenters. The van der Waals surface area contributed by atoms with Crippen LogP contribution < -0.4 is 9.47 Å².